The van der Waals surface area contributed by atoms with E-state index < -0.39 is 0 Å². The summed E-state index contributed by atoms with van der Waals surface area (Å²) in [6.45, 7) is 2.99. The van der Waals surface area contributed by atoms with Crippen molar-refractivity contribution in [2.75, 3.05) is 18.5 Å². The van der Waals surface area contributed by atoms with Crippen molar-refractivity contribution in [2.24, 2.45) is 5.84 Å². The molecule has 1 aromatic carbocycles. The molecule has 1 atom stereocenters. The Labute approximate surface area is 116 Å². The highest BCUT2D eigenvalue weighted by molar-refractivity contribution is 7.10. The van der Waals surface area contributed by atoms with Crippen LogP contribution >= 0.6 is 11.5 Å². The molecule has 19 heavy (non-hydrogen) atoms. The third-order valence-corrected chi connectivity index (χ3v) is 4.30. The molecule has 2 heterocycles. The molecule has 0 bridgehead atoms. The number of hydrogen-bond acceptors (Lipinski definition) is 6. The lowest BCUT2D eigenvalue weighted by Crippen LogP contribution is -2.21. The molecule has 0 aliphatic carbocycles. The van der Waals surface area contributed by atoms with Crippen LogP contribution in [0.3, 0.4) is 0 Å². The Kier molecular flexibility index (Phi) is 3.72. The van der Waals surface area contributed by atoms with Gasteiger partial charge in [0, 0.05) is 24.6 Å². The highest BCUT2D eigenvalue weighted by Crippen LogP contribution is 2.29. The van der Waals surface area contributed by atoms with E-state index in [-0.39, 0.29) is 0 Å². The van der Waals surface area contributed by atoms with E-state index in [1.807, 2.05) is 0 Å². The molecule has 2 aromatic rings. The first-order valence-electron chi connectivity index (χ1n) is 6.42. The van der Waals surface area contributed by atoms with Gasteiger partial charge in [-0.3, -0.25) is 4.90 Å². The molecule has 3 rings (SSSR count). The molecule has 0 amide bonds. The Morgan fingerprint density at radius 2 is 2.21 bits per heavy atom. The van der Waals surface area contributed by atoms with Crippen molar-refractivity contribution in [3.8, 4) is 0 Å². The second-order valence-corrected chi connectivity index (χ2v) is 5.58. The fourth-order valence-corrected chi connectivity index (χ4v) is 3.09. The minimum absolute atomic E-state index is 0.627. The monoisotopic (exact) mass is 275 g/mol. The fourth-order valence-electron chi connectivity index (χ4n) is 2.61. The number of nitrogens with two attached hydrogens (primary N) is 1. The zero-order chi connectivity index (χ0) is 13.1. The van der Waals surface area contributed by atoms with Gasteiger partial charge in [-0.25, -0.2) is 5.84 Å². The van der Waals surface area contributed by atoms with Gasteiger partial charge in [-0.1, -0.05) is 34.8 Å². The molecule has 1 unspecified atom stereocenters. The predicted molar refractivity (Wildman–Crippen MR) is 76.8 cm³/mol. The summed E-state index contributed by atoms with van der Waals surface area (Å²) in [7, 11) is 0. The molecule has 3 N–H and O–H groups in total. The summed E-state index contributed by atoms with van der Waals surface area (Å²) in [5, 5.41) is 5.00. The quantitative estimate of drug-likeness (QED) is 0.658. The average Bonchev–Trinajstić information content (AvgIpc) is 3.09. The molecule has 0 saturated carbocycles. The van der Waals surface area contributed by atoms with Crippen molar-refractivity contribution >= 4 is 16.5 Å². The summed E-state index contributed by atoms with van der Waals surface area (Å²) in [6.07, 6.45) is 1.20. The van der Waals surface area contributed by atoms with Gasteiger partial charge in [-0.2, -0.15) is 0 Å². The topological polar surface area (TPSA) is 67.1 Å². The van der Waals surface area contributed by atoms with Gasteiger partial charge in [0.25, 0.3) is 0 Å². The van der Waals surface area contributed by atoms with Crippen LogP contribution in [-0.2, 0) is 6.54 Å². The van der Waals surface area contributed by atoms with Crippen LogP contribution in [-0.4, -0.2) is 27.6 Å². The van der Waals surface area contributed by atoms with Gasteiger partial charge in [0.1, 0.15) is 10.7 Å². The van der Waals surface area contributed by atoms with Gasteiger partial charge in [0.2, 0.25) is 0 Å². The van der Waals surface area contributed by atoms with Crippen LogP contribution in [0.1, 0.15) is 23.6 Å². The zero-order valence-electron chi connectivity index (χ0n) is 10.6. The normalized spacial score (nSPS) is 19.7. The van der Waals surface area contributed by atoms with Crippen LogP contribution in [0.15, 0.2) is 30.3 Å². The maximum absolute atomic E-state index is 5.45. The molecular weight excluding hydrogens is 258 g/mol. The highest BCUT2D eigenvalue weighted by atomic mass is 32.1. The van der Waals surface area contributed by atoms with Gasteiger partial charge in [0.15, 0.2) is 0 Å². The number of nitrogens with zero attached hydrogens (tertiary/aromatic N) is 3. The predicted octanol–water partition coefficient (Wildman–Crippen LogP) is 1.81. The zero-order valence-corrected chi connectivity index (χ0v) is 11.4. The van der Waals surface area contributed by atoms with Crippen LogP contribution in [0.5, 0.6) is 0 Å². The molecule has 0 spiro atoms. The van der Waals surface area contributed by atoms with Gasteiger partial charge < -0.3 is 5.43 Å². The first kappa shape index (κ1) is 12.5. The van der Waals surface area contributed by atoms with Crippen molar-refractivity contribution in [1.29, 1.82) is 0 Å². The van der Waals surface area contributed by atoms with Gasteiger partial charge in [-0.15, -0.1) is 5.10 Å². The molecule has 1 aromatic heterocycles. The molecule has 0 radical (unpaired) electrons. The number of anilines is 1. The van der Waals surface area contributed by atoms with Crippen molar-refractivity contribution < 1.29 is 0 Å². The SMILES string of the molecule is NNc1snnc1CN1CCC(c2ccccc2)C1. The maximum Gasteiger partial charge on any atom is 0.148 e. The Morgan fingerprint density at radius 1 is 1.37 bits per heavy atom. The lowest BCUT2D eigenvalue weighted by Gasteiger charge is -2.15. The molecular formula is C13H17N5S. The smallest absolute Gasteiger partial charge is 0.148 e. The minimum Gasteiger partial charge on any atom is -0.313 e. The first-order valence-corrected chi connectivity index (χ1v) is 7.19. The summed E-state index contributed by atoms with van der Waals surface area (Å²) in [5.74, 6) is 6.08. The van der Waals surface area contributed by atoms with E-state index in [9.17, 15) is 0 Å². The molecule has 1 aliphatic rings. The molecule has 1 saturated heterocycles. The van der Waals surface area contributed by atoms with E-state index >= 15 is 0 Å². The number of benzene rings is 1. The number of nitrogens with one attached hydrogen (secondary N) is 1. The molecule has 100 valence electrons. The van der Waals surface area contributed by atoms with Crippen molar-refractivity contribution in [2.45, 2.75) is 18.9 Å². The second kappa shape index (κ2) is 5.64. The average molecular weight is 275 g/mol. The first-order chi connectivity index (χ1) is 9.36. The van der Waals surface area contributed by atoms with Gasteiger partial charge >= 0.3 is 0 Å². The molecule has 6 heteroatoms. The number of aromatic nitrogens is 2. The van der Waals surface area contributed by atoms with Crippen molar-refractivity contribution in [3.63, 3.8) is 0 Å². The van der Waals surface area contributed by atoms with E-state index in [1.165, 1.54) is 23.5 Å². The van der Waals surface area contributed by atoms with Gasteiger partial charge in [0.05, 0.1) is 0 Å². The van der Waals surface area contributed by atoms with Gasteiger partial charge in [-0.05, 0) is 24.4 Å². The summed E-state index contributed by atoms with van der Waals surface area (Å²) >= 11 is 1.31. The number of hydrogen-bond donors (Lipinski definition) is 2. The molecule has 1 aliphatic heterocycles. The molecule has 5 nitrogen and oxygen atoms in total. The Bertz CT molecular complexity index is 527. The number of rotatable bonds is 4. The Balaban J connectivity index is 1.63. The number of nitrogen functional groups attached to an aromatic ring is 1. The van der Waals surface area contributed by atoms with Crippen LogP contribution < -0.4 is 11.3 Å². The van der Waals surface area contributed by atoms with E-state index in [4.69, 9.17) is 5.84 Å². The van der Waals surface area contributed by atoms with E-state index in [0.29, 0.717) is 5.92 Å². The summed E-state index contributed by atoms with van der Waals surface area (Å²) in [5.41, 5.74) is 5.03. The van der Waals surface area contributed by atoms with Crippen LogP contribution in [0.4, 0.5) is 5.00 Å². The molecule has 1 fully saturated rings. The van der Waals surface area contributed by atoms with Crippen LogP contribution in [0.25, 0.3) is 0 Å². The number of hydrazine groups is 1. The van der Waals surface area contributed by atoms with E-state index in [2.05, 4.69) is 50.2 Å². The summed E-state index contributed by atoms with van der Waals surface area (Å²) in [6, 6.07) is 10.7. The number of likely N-dealkylation sites (tertiary alicyclic amines) is 1. The summed E-state index contributed by atoms with van der Waals surface area (Å²) in [4.78, 5) is 2.41. The highest BCUT2D eigenvalue weighted by Gasteiger charge is 2.25. The van der Waals surface area contributed by atoms with E-state index in [1.54, 1.807) is 0 Å². The fraction of sp³-hybridized carbons (Fsp3) is 0.385. The van der Waals surface area contributed by atoms with Crippen molar-refractivity contribution in [1.82, 2.24) is 14.5 Å². The van der Waals surface area contributed by atoms with Crippen LogP contribution in [0.2, 0.25) is 0 Å². The summed E-state index contributed by atoms with van der Waals surface area (Å²) < 4.78 is 3.93. The minimum atomic E-state index is 0.627. The van der Waals surface area contributed by atoms with Crippen LogP contribution in [0, 0.1) is 0 Å². The third kappa shape index (κ3) is 2.75. The standard InChI is InChI=1S/C13H17N5S/c14-15-13-12(16-17-19-13)9-18-7-6-11(8-18)10-4-2-1-3-5-10/h1-5,11,15H,6-9,14H2. The van der Waals surface area contributed by atoms with E-state index in [0.717, 1.165) is 30.3 Å². The second-order valence-electron chi connectivity index (χ2n) is 4.82. The third-order valence-electron chi connectivity index (χ3n) is 3.60. The Morgan fingerprint density at radius 3 is 3.00 bits per heavy atom. The lowest BCUT2D eigenvalue weighted by atomic mass is 9.99. The maximum atomic E-state index is 5.45. The Hall–Kier alpha value is -1.50. The van der Waals surface area contributed by atoms with Crippen molar-refractivity contribution in [3.05, 3.63) is 41.6 Å². The lowest BCUT2D eigenvalue weighted by molar-refractivity contribution is 0.323. The largest absolute Gasteiger partial charge is 0.313 e.